The van der Waals surface area contributed by atoms with Crippen molar-refractivity contribution < 1.29 is 0 Å². The first-order valence-electron chi connectivity index (χ1n) is 5.59. The van der Waals surface area contributed by atoms with Gasteiger partial charge in [-0.3, -0.25) is 4.31 Å². The molecule has 1 unspecified atom stereocenters. The van der Waals surface area contributed by atoms with Gasteiger partial charge in [0.15, 0.2) is 0 Å². The second kappa shape index (κ2) is 4.60. The first kappa shape index (κ1) is 10.4. The lowest BCUT2D eigenvalue weighted by Crippen LogP contribution is -2.05. The van der Waals surface area contributed by atoms with Gasteiger partial charge in [0.2, 0.25) is 0 Å². The molecule has 0 saturated carbocycles. The lowest BCUT2D eigenvalue weighted by atomic mass is 10.3. The Labute approximate surface area is 104 Å². The minimum Gasteiger partial charge on any atom is -0.294 e. The third kappa shape index (κ3) is 2.04. The third-order valence-corrected chi connectivity index (χ3v) is 4.56. The summed E-state index contributed by atoms with van der Waals surface area (Å²) in [6, 6.07) is 21.1. The Hall–Kier alpha value is -1.80. The van der Waals surface area contributed by atoms with Crippen LogP contribution in [0.5, 0.6) is 0 Å². The topological polar surface area (TPSA) is 3.24 Å². The van der Waals surface area contributed by atoms with Crippen LogP contribution in [0.4, 0.5) is 5.69 Å². The summed E-state index contributed by atoms with van der Waals surface area (Å²) in [7, 11) is 0.0178. The van der Waals surface area contributed by atoms with Gasteiger partial charge < -0.3 is 0 Å². The van der Waals surface area contributed by atoms with Gasteiger partial charge in [-0.1, -0.05) is 47.1 Å². The van der Waals surface area contributed by atoms with Crippen molar-refractivity contribution >= 4 is 21.7 Å². The monoisotopic (exact) mass is 239 g/mol. The SMILES string of the molecule is C1=CN(c2ccccc2)S(c2ccccc2)=C1. The minimum absolute atomic E-state index is 0.0178. The molecule has 1 aliphatic heterocycles. The lowest BCUT2D eigenvalue weighted by molar-refractivity contribution is 1.40. The van der Waals surface area contributed by atoms with Crippen LogP contribution in [0.3, 0.4) is 0 Å². The molecule has 0 amide bonds. The van der Waals surface area contributed by atoms with Crippen molar-refractivity contribution in [3.63, 3.8) is 0 Å². The largest absolute Gasteiger partial charge is 0.294 e. The molecule has 1 atom stereocenters. The van der Waals surface area contributed by atoms with Crippen molar-refractivity contribution in [3.05, 3.63) is 72.9 Å². The minimum atomic E-state index is 0.0178. The van der Waals surface area contributed by atoms with E-state index in [0.29, 0.717) is 0 Å². The summed E-state index contributed by atoms with van der Waals surface area (Å²) in [6.45, 7) is 0. The molecular formula is C15H13NS. The van der Waals surface area contributed by atoms with E-state index in [1.165, 1.54) is 10.6 Å². The molecule has 0 aromatic heterocycles. The van der Waals surface area contributed by atoms with Crippen LogP contribution in [0.1, 0.15) is 0 Å². The molecule has 0 spiro atoms. The fourth-order valence-corrected chi connectivity index (χ4v) is 3.57. The Bertz CT molecular complexity index is 558. The van der Waals surface area contributed by atoms with Crippen LogP contribution in [0, 0.1) is 0 Å². The third-order valence-electron chi connectivity index (χ3n) is 2.64. The zero-order valence-electron chi connectivity index (χ0n) is 9.36. The first-order valence-corrected chi connectivity index (χ1v) is 6.84. The number of benzene rings is 2. The number of anilines is 1. The average Bonchev–Trinajstić information content (AvgIpc) is 2.90. The Balaban J connectivity index is 1.98. The van der Waals surface area contributed by atoms with Gasteiger partial charge in [0.1, 0.15) is 0 Å². The van der Waals surface area contributed by atoms with Gasteiger partial charge in [-0.2, -0.15) is 0 Å². The van der Waals surface area contributed by atoms with Crippen LogP contribution < -0.4 is 4.31 Å². The fourth-order valence-electron chi connectivity index (χ4n) is 1.85. The first-order chi connectivity index (χ1) is 8.45. The Kier molecular flexibility index (Phi) is 2.80. The summed E-state index contributed by atoms with van der Waals surface area (Å²) in [6.07, 6.45) is 4.27. The zero-order valence-corrected chi connectivity index (χ0v) is 10.2. The van der Waals surface area contributed by atoms with Crippen molar-refractivity contribution in [3.8, 4) is 0 Å². The van der Waals surface area contributed by atoms with E-state index in [2.05, 4.69) is 76.5 Å². The van der Waals surface area contributed by atoms with Crippen molar-refractivity contribution in [1.82, 2.24) is 0 Å². The number of rotatable bonds is 2. The molecule has 0 saturated heterocycles. The predicted molar refractivity (Wildman–Crippen MR) is 76.4 cm³/mol. The molecule has 0 bridgehead atoms. The maximum Gasteiger partial charge on any atom is 0.0516 e. The highest BCUT2D eigenvalue weighted by atomic mass is 32.2. The molecular weight excluding hydrogens is 226 g/mol. The summed E-state index contributed by atoms with van der Waals surface area (Å²) < 4.78 is 2.31. The van der Waals surface area contributed by atoms with E-state index >= 15 is 0 Å². The van der Waals surface area contributed by atoms with E-state index in [-0.39, 0.29) is 10.7 Å². The summed E-state index contributed by atoms with van der Waals surface area (Å²) in [5.74, 6) is 0. The van der Waals surface area contributed by atoms with Crippen LogP contribution in [0.15, 0.2) is 77.8 Å². The van der Waals surface area contributed by atoms with Crippen LogP contribution in [0.2, 0.25) is 0 Å². The summed E-state index contributed by atoms with van der Waals surface area (Å²) in [5, 5.41) is 2.25. The van der Waals surface area contributed by atoms with Gasteiger partial charge >= 0.3 is 0 Å². The maximum absolute atomic E-state index is 2.31. The number of allylic oxidation sites excluding steroid dienone is 1. The van der Waals surface area contributed by atoms with Crippen LogP contribution in [-0.4, -0.2) is 5.37 Å². The molecule has 0 fully saturated rings. The molecule has 1 heterocycles. The quantitative estimate of drug-likeness (QED) is 0.714. The predicted octanol–water partition coefficient (Wildman–Crippen LogP) is 4.07. The van der Waals surface area contributed by atoms with Gasteiger partial charge in [0.05, 0.1) is 5.69 Å². The molecule has 1 aliphatic rings. The maximum atomic E-state index is 2.31. The molecule has 0 radical (unpaired) electrons. The van der Waals surface area contributed by atoms with Crippen LogP contribution in [-0.2, 0) is 0 Å². The molecule has 0 aliphatic carbocycles. The molecule has 2 heteroatoms. The average molecular weight is 239 g/mol. The lowest BCUT2D eigenvalue weighted by Gasteiger charge is -2.21. The molecule has 2 aromatic rings. The molecule has 0 N–H and O–H groups in total. The van der Waals surface area contributed by atoms with Crippen LogP contribution in [0.25, 0.3) is 0 Å². The Morgan fingerprint density at radius 2 is 1.41 bits per heavy atom. The molecule has 1 nitrogen and oxygen atoms in total. The van der Waals surface area contributed by atoms with Gasteiger partial charge in [-0.15, -0.1) is 0 Å². The zero-order chi connectivity index (χ0) is 11.5. The van der Waals surface area contributed by atoms with Crippen molar-refractivity contribution in [2.24, 2.45) is 0 Å². The normalized spacial score (nSPS) is 18.1. The highest BCUT2D eigenvalue weighted by Gasteiger charge is 2.12. The van der Waals surface area contributed by atoms with Gasteiger partial charge in [-0.25, -0.2) is 0 Å². The molecule has 3 rings (SSSR count). The Morgan fingerprint density at radius 3 is 2.12 bits per heavy atom. The highest BCUT2D eigenvalue weighted by Crippen LogP contribution is 2.37. The van der Waals surface area contributed by atoms with Gasteiger partial charge in [0, 0.05) is 11.1 Å². The fraction of sp³-hybridized carbons (Fsp3) is 0. The molecule has 2 aromatic carbocycles. The Morgan fingerprint density at radius 1 is 0.765 bits per heavy atom. The summed E-state index contributed by atoms with van der Waals surface area (Å²) in [5.41, 5.74) is 1.24. The van der Waals surface area contributed by atoms with E-state index in [9.17, 15) is 0 Å². The van der Waals surface area contributed by atoms with Crippen molar-refractivity contribution in [2.45, 2.75) is 4.90 Å². The standard InChI is InChI=1S/C15H13NS/c1-3-8-14(9-4-1)16-12-7-13-17(16)15-10-5-2-6-11-15/h1-13H. The number of para-hydroxylation sites is 1. The summed E-state index contributed by atoms with van der Waals surface area (Å²) in [4.78, 5) is 1.35. The number of hydrogen-bond acceptors (Lipinski definition) is 1. The molecule has 84 valence electrons. The van der Waals surface area contributed by atoms with E-state index in [1.807, 2.05) is 6.07 Å². The highest BCUT2D eigenvalue weighted by molar-refractivity contribution is 8.16. The number of nitrogens with zero attached hydrogens (tertiary/aromatic N) is 1. The van der Waals surface area contributed by atoms with Crippen molar-refractivity contribution in [1.29, 1.82) is 0 Å². The van der Waals surface area contributed by atoms with E-state index in [4.69, 9.17) is 0 Å². The van der Waals surface area contributed by atoms with E-state index in [0.717, 1.165) is 0 Å². The second-order valence-electron chi connectivity index (χ2n) is 3.77. The van der Waals surface area contributed by atoms with Gasteiger partial charge in [0.25, 0.3) is 0 Å². The van der Waals surface area contributed by atoms with Crippen LogP contribution >= 0.6 is 10.7 Å². The number of hydrogen-bond donors (Lipinski definition) is 0. The van der Waals surface area contributed by atoms with Gasteiger partial charge in [-0.05, 0) is 35.7 Å². The van der Waals surface area contributed by atoms with E-state index in [1.54, 1.807) is 0 Å². The molecule has 17 heavy (non-hydrogen) atoms. The second-order valence-corrected chi connectivity index (χ2v) is 5.53. The summed E-state index contributed by atoms with van der Waals surface area (Å²) >= 11 is 0. The van der Waals surface area contributed by atoms with E-state index < -0.39 is 0 Å². The van der Waals surface area contributed by atoms with Crippen molar-refractivity contribution in [2.75, 3.05) is 4.31 Å². The smallest absolute Gasteiger partial charge is 0.0516 e.